The highest BCUT2D eigenvalue weighted by atomic mass is 19.4. The van der Waals surface area contributed by atoms with Gasteiger partial charge in [0, 0.05) is 0 Å². The SMILES string of the molecule is CC1(C)O[C@H]2O[C@H]([C@@H](O)C(F)(F)C(F)(F)C(F)(F)C(F)(F)F)[C@H](OCc3ccccc3)[C@H]2O1. The van der Waals surface area contributed by atoms with Gasteiger partial charge >= 0.3 is 23.9 Å². The zero-order chi connectivity index (χ0) is 25.0. The third-order valence-corrected chi connectivity index (χ3v) is 5.16. The van der Waals surface area contributed by atoms with Crippen molar-refractivity contribution in [3.8, 4) is 0 Å². The molecule has 14 heteroatoms. The molecule has 2 heterocycles. The molecule has 0 saturated carbocycles. The lowest BCUT2D eigenvalue weighted by Gasteiger charge is -2.38. The first-order chi connectivity index (χ1) is 14.9. The van der Waals surface area contributed by atoms with Crippen LogP contribution in [0.5, 0.6) is 0 Å². The van der Waals surface area contributed by atoms with E-state index in [1.54, 1.807) is 30.3 Å². The maximum Gasteiger partial charge on any atom is 0.460 e. The van der Waals surface area contributed by atoms with Gasteiger partial charge in [-0.25, -0.2) is 0 Å². The van der Waals surface area contributed by atoms with E-state index in [2.05, 4.69) is 0 Å². The quantitative estimate of drug-likeness (QED) is 0.569. The Bertz CT molecular complexity index is 831. The summed E-state index contributed by atoms with van der Waals surface area (Å²) in [6.07, 6.45) is -18.1. The summed E-state index contributed by atoms with van der Waals surface area (Å²) in [5.74, 6) is -21.8. The number of hydrogen-bond donors (Lipinski definition) is 1. The molecule has 2 saturated heterocycles. The molecule has 0 spiro atoms. The highest BCUT2D eigenvalue weighted by Crippen LogP contribution is 2.55. The summed E-state index contributed by atoms with van der Waals surface area (Å²) in [5, 5.41) is 9.95. The van der Waals surface area contributed by atoms with E-state index in [1.807, 2.05) is 0 Å². The van der Waals surface area contributed by atoms with E-state index in [9.17, 15) is 44.6 Å². The molecule has 2 aliphatic heterocycles. The van der Waals surface area contributed by atoms with Gasteiger partial charge in [-0.05, 0) is 19.4 Å². The molecule has 0 unspecified atom stereocenters. The summed E-state index contributed by atoms with van der Waals surface area (Å²) in [6, 6.07) is 7.91. The minimum atomic E-state index is -7.16. The van der Waals surface area contributed by atoms with Crippen LogP contribution in [0, 0.1) is 0 Å². The maximum atomic E-state index is 14.3. The summed E-state index contributed by atoms with van der Waals surface area (Å²) in [4.78, 5) is 0. The lowest BCUT2D eigenvalue weighted by atomic mass is 9.93. The highest BCUT2D eigenvalue weighted by Gasteiger charge is 2.84. The molecule has 1 N–H and O–H groups in total. The smallest absolute Gasteiger partial charge is 0.384 e. The molecule has 0 radical (unpaired) electrons. The Balaban J connectivity index is 1.89. The van der Waals surface area contributed by atoms with Gasteiger partial charge in [0.25, 0.3) is 0 Å². The molecule has 0 aromatic heterocycles. The van der Waals surface area contributed by atoms with Gasteiger partial charge in [0.1, 0.15) is 18.3 Å². The number of alkyl halides is 9. The number of halogens is 9. The monoisotopic (exact) mass is 498 g/mol. The van der Waals surface area contributed by atoms with Gasteiger partial charge in [0.05, 0.1) is 6.61 Å². The van der Waals surface area contributed by atoms with Crippen LogP contribution in [0.1, 0.15) is 19.4 Å². The molecule has 188 valence electrons. The van der Waals surface area contributed by atoms with Crippen molar-refractivity contribution in [2.75, 3.05) is 0 Å². The van der Waals surface area contributed by atoms with E-state index < -0.39 is 60.4 Å². The van der Waals surface area contributed by atoms with Gasteiger partial charge in [-0.2, -0.15) is 39.5 Å². The maximum absolute atomic E-state index is 14.3. The Morgan fingerprint density at radius 2 is 1.52 bits per heavy atom. The molecule has 2 aliphatic rings. The number of benzene rings is 1. The molecule has 1 aromatic carbocycles. The first kappa shape index (κ1) is 26.0. The average Bonchev–Trinajstić information content (AvgIpc) is 3.16. The second-order valence-corrected chi connectivity index (χ2v) is 8.04. The molecular formula is C19H19F9O5. The fourth-order valence-corrected chi connectivity index (χ4v) is 3.49. The summed E-state index contributed by atoms with van der Waals surface area (Å²) in [7, 11) is 0. The van der Waals surface area contributed by atoms with Crippen LogP contribution in [0.3, 0.4) is 0 Å². The van der Waals surface area contributed by atoms with Crippen molar-refractivity contribution in [1.29, 1.82) is 0 Å². The zero-order valence-corrected chi connectivity index (χ0v) is 17.0. The number of ether oxygens (including phenoxy) is 4. The van der Waals surface area contributed by atoms with Crippen LogP contribution in [-0.2, 0) is 25.6 Å². The van der Waals surface area contributed by atoms with Crippen molar-refractivity contribution in [3.05, 3.63) is 35.9 Å². The second-order valence-electron chi connectivity index (χ2n) is 8.04. The number of rotatable bonds is 7. The minimum absolute atomic E-state index is 0.341. The van der Waals surface area contributed by atoms with Gasteiger partial charge in [-0.3, -0.25) is 0 Å². The van der Waals surface area contributed by atoms with Crippen LogP contribution in [-0.4, -0.2) is 65.5 Å². The topological polar surface area (TPSA) is 57.2 Å². The van der Waals surface area contributed by atoms with Gasteiger partial charge in [-0.1, -0.05) is 30.3 Å². The largest absolute Gasteiger partial charge is 0.460 e. The normalized spacial score (nSPS) is 29.2. The second kappa shape index (κ2) is 8.26. The van der Waals surface area contributed by atoms with E-state index in [0.29, 0.717) is 5.56 Å². The molecule has 33 heavy (non-hydrogen) atoms. The van der Waals surface area contributed by atoms with E-state index in [1.165, 1.54) is 13.8 Å². The Morgan fingerprint density at radius 3 is 2.06 bits per heavy atom. The molecule has 5 nitrogen and oxygen atoms in total. The van der Waals surface area contributed by atoms with Gasteiger partial charge in [-0.15, -0.1) is 0 Å². The lowest BCUT2D eigenvalue weighted by molar-refractivity contribution is -0.411. The Kier molecular flexibility index (Phi) is 6.50. The zero-order valence-electron chi connectivity index (χ0n) is 17.0. The standard InChI is InChI=1S/C19H19F9O5/c1-15(2)32-12-10(30-8-9-6-4-3-5-7-9)11(31-14(12)33-15)13(29)16(20,21)17(22,23)18(24,25)19(26,27)28/h3-7,10-14,29H,8H2,1-2H3/t10-,11-,12+,13+,14+/m0/s1. The summed E-state index contributed by atoms with van der Waals surface area (Å²) >= 11 is 0. The molecular weight excluding hydrogens is 479 g/mol. The number of hydrogen-bond acceptors (Lipinski definition) is 5. The third-order valence-electron chi connectivity index (χ3n) is 5.16. The van der Waals surface area contributed by atoms with Crippen LogP contribution < -0.4 is 0 Å². The van der Waals surface area contributed by atoms with Crippen LogP contribution in [0.2, 0.25) is 0 Å². The minimum Gasteiger partial charge on any atom is -0.384 e. The fraction of sp³-hybridized carbons (Fsp3) is 0.684. The highest BCUT2D eigenvalue weighted by molar-refractivity contribution is 5.14. The van der Waals surface area contributed by atoms with Crippen molar-refractivity contribution in [1.82, 2.24) is 0 Å². The lowest BCUT2D eigenvalue weighted by Crippen LogP contribution is -2.67. The van der Waals surface area contributed by atoms with Crippen LogP contribution >= 0.6 is 0 Å². The Morgan fingerprint density at radius 1 is 0.939 bits per heavy atom. The number of fused-ring (bicyclic) bond motifs is 1. The summed E-state index contributed by atoms with van der Waals surface area (Å²) in [5.41, 5.74) is 0.466. The van der Waals surface area contributed by atoms with E-state index >= 15 is 0 Å². The molecule has 3 rings (SSSR count). The van der Waals surface area contributed by atoms with Gasteiger partial charge in [0.2, 0.25) is 0 Å². The summed E-state index contributed by atoms with van der Waals surface area (Å²) in [6.45, 7) is 2.44. The predicted molar refractivity (Wildman–Crippen MR) is 90.6 cm³/mol. The van der Waals surface area contributed by atoms with Crippen LogP contribution in [0.25, 0.3) is 0 Å². The Labute approximate surface area is 181 Å². The van der Waals surface area contributed by atoms with Gasteiger partial charge in [0.15, 0.2) is 18.2 Å². The summed E-state index contributed by atoms with van der Waals surface area (Å²) < 4.78 is 141. The van der Waals surface area contributed by atoms with E-state index in [4.69, 9.17) is 18.9 Å². The van der Waals surface area contributed by atoms with E-state index in [0.717, 1.165) is 0 Å². The number of aliphatic hydroxyl groups excluding tert-OH is 1. The molecule has 2 fully saturated rings. The molecule has 0 aliphatic carbocycles. The molecule has 0 bridgehead atoms. The number of aliphatic hydroxyl groups is 1. The van der Waals surface area contributed by atoms with Crippen molar-refractivity contribution in [2.24, 2.45) is 0 Å². The van der Waals surface area contributed by atoms with Crippen molar-refractivity contribution < 1.29 is 63.6 Å². The van der Waals surface area contributed by atoms with Gasteiger partial charge < -0.3 is 24.1 Å². The van der Waals surface area contributed by atoms with E-state index in [-0.39, 0.29) is 6.61 Å². The third kappa shape index (κ3) is 4.43. The molecule has 5 atom stereocenters. The molecule has 1 aromatic rings. The molecule has 0 amide bonds. The van der Waals surface area contributed by atoms with Crippen LogP contribution in [0.15, 0.2) is 30.3 Å². The van der Waals surface area contributed by atoms with Crippen molar-refractivity contribution >= 4 is 0 Å². The van der Waals surface area contributed by atoms with Crippen molar-refractivity contribution in [3.63, 3.8) is 0 Å². The Hall–Kier alpha value is -1.61. The first-order valence-corrected chi connectivity index (χ1v) is 9.47. The fourth-order valence-electron chi connectivity index (χ4n) is 3.49. The van der Waals surface area contributed by atoms with Crippen LogP contribution in [0.4, 0.5) is 39.5 Å². The first-order valence-electron chi connectivity index (χ1n) is 9.47. The average molecular weight is 498 g/mol. The predicted octanol–water partition coefficient (Wildman–Crippen LogP) is 4.28. The van der Waals surface area contributed by atoms with Crippen molar-refractivity contribution in [2.45, 2.75) is 80.9 Å².